The highest BCUT2D eigenvalue weighted by Gasteiger charge is 2.16. The van der Waals surface area contributed by atoms with Crippen molar-refractivity contribution < 1.29 is 4.79 Å². The Morgan fingerprint density at radius 1 is 1.04 bits per heavy atom. The van der Waals surface area contributed by atoms with Crippen LogP contribution in [-0.2, 0) is 4.79 Å². The molecule has 0 unspecified atom stereocenters. The number of hydrogen-bond acceptors (Lipinski definition) is 2. The lowest BCUT2D eigenvalue weighted by Crippen LogP contribution is -2.13. The van der Waals surface area contributed by atoms with Gasteiger partial charge < -0.3 is 5.32 Å². The van der Waals surface area contributed by atoms with E-state index in [2.05, 4.69) is 44.3 Å². The van der Waals surface area contributed by atoms with Crippen molar-refractivity contribution in [2.24, 2.45) is 0 Å². The van der Waals surface area contributed by atoms with Crippen molar-refractivity contribution in [1.29, 1.82) is 0 Å². The first-order valence-corrected chi connectivity index (χ1v) is 9.94. The Morgan fingerprint density at radius 3 is 2.52 bits per heavy atom. The summed E-state index contributed by atoms with van der Waals surface area (Å²) >= 11 is 0. The van der Waals surface area contributed by atoms with Crippen LogP contribution in [0.25, 0.3) is 16.9 Å². The van der Waals surface area contributed by atoms with Gasteiger partial charge >= 0.3 is 0 Å². The minimum atomic E-state index is 0.0581. The van der Waals surface area contributed by atoms with Crippen molar-refractivity contribution in [3.63, 3.8) is 0 Å². The standard InChI is InChI=1S/C23H29N3O/c1-4-5-6-7-8-12-21(27)25-23-22(19-15-17(2)14-18(3)16-19)24-20-11-9-10-13-26(20)23/h9-11,13-16H,4-8,12H2,1-3H3,(H,25,27). The van der Waals surface area contributed by atoms with Crippen molar-refractivity contribution in [3.05, 3.63) is 53.7 Å². The molecule has 27 heavy (non-hydrogen) atoms. The molecule has 2 aromatic heterocycles. The molecular weight excluding hydrogens is 334 g/mol. The first kappa shape index (κ1) is 19.2. The largest absolute Gasteiger partial charge is 0.310 e. The molecule has 1 aromatic carbocycles. The Hall–Kier alpha value is -2.62. The second-order valence-electron chi connectivity index (χ2n) is 7.33. The maximum absolute atomic E-state index is 12.6. The highest BCUT2D eigenvalue weighted by atomic mass is 16.1. The van der Waals surface area contributed by atoms with E-state index < -0.39 is 0 Å². The first-order chi connectivity index (χ1) is 13.1. The van der Waals surface area contributed by atoms with Crippen LogP contribution in [0.3, 0.4) is 0 Å². The van der Waals surface area contributed by atoms with Crippen molar-refractivity contribution in [1.82, 2.24) is 9.38 Å². The number of unbranched alkanes of at least 4 members (excludes halogenated alkanes) is 4. The van der Waals surface area contributed by atoms with E-state index in [-0.39, 0.29) is 5.91 Å². The summed E-state index contributed by atoms with van der Waals surface area (Å²) in [4.78, 5) is 17.3. The molecule has 4 nitrogen and oxygen atoms in total. The maximum atomic E-state index is 12.6. The van der Waals surface area contributed by atoms with Crippen molar-refractivity contribution in [3.8, 4) is 11.3 Å². The van der Waals surface area contributed by atoms with Crippen LogP contribution in [-0.4, -0.2) is 15.3 Å². The lowest BCUT2D eigenvalue weighted by molar-refractivity contribution is -0.116. The number of anilines is 1. The van der Waals surface area contributed by atoms with E-state index in [1.165, 1.54) is 30.4 Å². The second kappa shape index (κ2) is 8.85. The summed E-state index contributed by atoms with van der Waals surface area (Å²) in [5.74, 6) is 0.817. The molecule has 0 saturated carbocycles. The molecule has 4 heteroatoms. The minimum Gasteiger partial charge on any atom is -0.310 e. The summed E-state index contributed by atoms with van der Waals surface area (Å²) in [6, 6.07) is 12.3. The van der Waals surface area contributed by atoms with Gasteiger partial charge in [-0.25, -0.2) is 4.98 Å². The molecule has 0 fully saturated rings. The molecule has 0 bridgehead atoms. The molecule has 142 valence electrons. The van der Waals surface area contributed by atoms with E-state index in [1.54, 1.807) is 0 Å². The van der Waals surface area contributed by atoms with Crippen molar-refractivity contribution in [2.75, 3.05) is 5.32 Å². The number of imidazole rings is 1. The number of carbonyl (C=O) groups excluding carboxylic acids is 1. The normalized spacial score (nSPS) is 11.1. The topological polar surface area (TPSA) is 46.4 Å². The number of aromatic nitrogens is 2. The predicted octanol–water partition coefficient (Wildman–Crippen LogP) is 5.92. The summed E-state index contributed by atoms with van der Waals surface area (Å²) in [5, 5.41) is 3.12. The van der Waals surface area contributed by atoms with Gasteiger partial charge in [-0.15, -0.1) is 0 Å². The van der Waals surface area contributed by atoms with Crippen LogP contribution < -0.4 is 5.32 Å². The molecule has 3 aromatic rings. The monoisotopic (exact) mass is 363 g/mol. The smallest absolute Gasteiger partial charge is 0.225 e. The fourth-order valence-corrected chi connectivity index (χ4v) is 3.51. The number of benzene rings is 1. The zero-order valence-corrected chi connectivity index (χ0v) is 16.6. The highest BCUT2D eigenvalue weighted by Crippen LogP contribution is 2.30. The maximum Gasteiger partial charge on any atom is 0.225 e. The SMILES string of the molecule is CCCCCCCC(=O)Nc1c(-c2cc(C)cc(C)c2)nc2ccccn12. The van der Waals surface area contributed by atoms with Gasteiger partial charge in [-0.2, -0.15) is 0 Å². The van der Waals surface area contributed by atoms with Crippen molar-refractivity contribution >= 4 is 17.4 Å². The number of aryl methyl sites for hydroxylation is 2. The number of fused-ring (bicyclic) bond motifs is 1. The average molecular weight is 364 g/mol. The predicted molar refractivity (Wildman–Crippen MR) is 112 cm³/mol. The fraction of sp³-hybridized carbons (Fsp3) is 0.391. The van der Waals surface area contributed by atoms with Gasteiger partial charge in [0.1, 0.15) is 17.2 Å². The van der Waals surface area contributed by atoms with Gasteiger partial charge in [-0.05, 0) is 44.5 Å². The van der Waals surface area contributed by atoms with Gasteiger partial charge in [-0.3, -0.25) is 9.20 Å². The quantitative estimate of drug-likeness (QED) is 0.505. The van der Waals surface area contributed by atoms with Crippen molar-refractivity contribution in [2.45, 2.75) is 59.3 Å². The van der Waals surface area contributed by atoms with Crippen LogP contribution >= 0.6 is 0 Å². The zero-order chi connectivity index (χ0) is 19.2. The van der Waals surface area contributed by atoms with Gasteiger partial charge in [0.25, 0.3) is 0 Å². The molecule has 0 aliphatic rings. The number of amides is 1. The number of nitrogens with one attached hydrogen (secondary N) is 1. The molecule has 0 aliphatic heterocycles. The molecule has 1 amide bonds. The van der Waals surface area contributed by atoms with E-state index in [4.69, 9.17) is 4.98 Å². The minimum absolute atomic E-state index is 0.0581. The Bertz CT molecular complexity index is 906. The van der Waals surface area contributed by atoms with Crippen LogP contribution in [0.2, 0.25) is 0 Å². The second-order valence-corrected chi connectivity index (χ2v) is 7.33. The number of pyridine rings is 1. The molecule has 1 N–H and O–H groups in total. The first-order valence-electron chi connectivity index (χ1n) is 9.94. The third-order valence-corrected chi connectivity index (χ3v) is 4.79. The molecule has 0 radical (unpaired) electrons. The van der Waals surface area contributed by atoms with E-state index in [9.17, 15) is 4.79 Å². The van der Waals surface area contributed by atoms with Gasteiger partial charge in [0.05, 0.1) is 0 Å². The molecular formula is C23H29N3O. The van der Waals surface area contributed by atoms with Gasteiger partial charge in [0.15, 0.2) is 0 Å². The van der Waals surface area contributed by atoms with E-state index >= 15 is 0 Å². The molecule has 2 heterocycles. The van der Waals surface area contributed by atoms with Gasteiger partial charge in [0.2, 0.25) is 5.91 Å². The van der Waals surface area contributed by atoms with Crippen LogP contribution in [0.15, 0.2) is 42.6 Å². The van der Waals surface area contributed by atoms with Gasteiger partial charge in [0, 0.05) is 18.2 Å². The lowest BCUT2D eigenvalue weighted by Gasteiger charge is -2.09. The third-order valence-electron chi connectivity index (χ3n) is 4.79. The van der Waals surface area contributed by atoms with Crippen LogP contribution in [0.5, 0.6) is 0 Å². The summed E-state index contributed by atoms with van der Waals surface area (Å²) in [5.41, 5.74) is 5.08. The Balaban J connectivity index is 1.86. The number of nitrogens with zero attached hydrogens (tertiary/aromatic N) is 2. The third kappa shape index (κ3) is 4.76. The van der Waals surface area contributed by atoms with E-state index in [0.29, 0.717) is 6.42 Å². The zero-order valence-electron chi connectivity index (χ0n) is 16.6. The number of hydrogen-bond donors (Lipinski definition) is 1. The van der Waals surface area contributed by atoms with E-state index in [0.717, 1.165) is 35.6 Å². The molecule has 3 rings (SSSR count). The Morgan fingerprint density at radius 2 is 1.78 bits per heavy atom. The summed E-state index contributed by atoms with van der Waals surface area (Å²) in [6.07, 6.45) is 8.20. The Kier molecular flexibility index (Phi) is 6.28. The Labute approximate surface area is 161 Å². The number of carbonyl (C=O) groups is 1. The summed E-state index contributed by atoms with van der Waals surface area (Å²) in [6.45, 7) is 6.37. The fourth-order valence-electron chi connectivity index (χ4n) is 3.51. The van der Waals surface area contributed by atoms with Crippen LogP contribution in [0.4, 0.5) is 5.82 Å². The molecule has 0 aliphatic carbocycles. The molecule has 0 saturated heterocycles. The average Bonchev–Trinajstić information content (AvgIpc) is 2.99. The molecule has 0 atom stereocenters. The van der Waals surface area contributed by atoms with Crippen LogP contribution in [0, 0.1) is 13.8 Å². The van der Waals surface area contributed by atoms with E-state index in [1.807, 2.05) is 28.8 Å². The number of rotatable bonds is 8. The summed E-state index contributed by atoms with van der Waals surface area (Å²) in [7, 11) is 0. The van der Waals surface area contributed by atoms with Gasteiger partial charge in [-0.1, -0.05) is 55.9 Å². The van der Waals surface area contributed by atoms with Crippen LogP contribution in [0.1, 0.15) is 56.6 Å². The summed E-state index contributed by atoms with van der Waals surface area (Å²) < 4.78 is 1.96. The molecule has 0 spiro atoms. The lowest BCUT2D eigenvalue weighted by atomic mass is 10.0. The highest BCUT2D eigenvalue weighted by molar-refractivity contribution is 5.94.